The van der Waals surface area contributed by atoms with Gasteiger partial charge >= 0.3 is 0 Å². The van der Waals surface area contributed by atoms with Crippen molar-refractivity contribution in [3.05, 3.63) is 21.4 Å². The first kappa shape index (κ1) is 13.2. The van der Waals surface area contributed by atoms with Gasteiger partial charge in [0, 0.05) is 30.4 Å². The molecule has 1 N–H and O–H groups in total. The van der Waals surface area contributed by atoms with E-state index >= 15 is 0 Å². The molecule has 3 nitrogen and oxygen atoms in total. The molecule has 0 fully saturated rings. The fourth-order valence-electron chi connectivity index (χ4n) is 1.47. The second-order valence-corrected chi connectivity index (χ2v) is 5.63. The molecular formula is C12H20N2OS. The van der Waals surface area contributed by atoms with Crippen LogP contribution in [-0.2, 0) is 11.3 Å². The van der Waals surface area contributed by atoms with E-state index in [4.69, 9.17) is 0 Å². The van der Waals surface area contributed by atoms with Gasteiger partial charge in [0.1, 0.15) is 0 Å². The molecule has 0 saturated heterocycles. The number of aryl methyl sites for hydroxylation is 2. The number of carbonyl (C=O) groups excluding carboxylic acids is 1. The van der Waals surface area contributed by atoms with Crippen molar-refractivity contribution >= 4 is 17.2 Å². The number of hydrogen-bond acceptors (Lipinski definition) is 3. The van der Waals surface area contributed by atoms with Crippen molar-refractivity contribution < 1.29 is 4.79 Å². The van der Waals surface area contributed by atoms with Crippen LogP contribution in [0.25, 0.3) is 0 Å². The van der Waals surface area contributed by atoms with E-state index in [0.29, 0.717) is 0 Å². The smallest absolute Gasteiger partial charge is 0.238 e. The van der Waals surface area contributed by atoms with E-state index in [9.17, 15) is 4.79 Å². The molecule has 1 aromatic heterocycles. The maximum absolute atomic E-state index is 11.6. The van der Waals surface area contributed by atoms with E-state index in [1.54, 1.807) is 30.3 Å². The molecule has 1 heterocycles. The van der Waals surface area contributed by atoms with Crippen LogP contribution in [0.5, 0.6) is 0 Å². The Morgan fingerprint density at radius 3 is 2.56 bits per heavy atom. The van der Waals surface area contributed by atoms with Gasteiger partial charge in [-0.3, -0.25) is 4.79 Å². The highest BCUT2D eigenvalue weighted by atomic mass is 32.1. The van der Waals surface area contributed by atoms with Gasteiger partial charge in [0.05, 0.1) is 6.04 Å². The lowest BCUT2D eigenvalue weighted by atomic mass is 10.2. The van der Waals surface area contributed by atoms with Gasteiger partial charge in [-0.15, -0.1) is 11.3 Å². The minimum absolute atomic E-state index is 0.116. The van der Waals surface area contributed by atoms with Crippen molar-refractivity contribution in [3.8, 4) is 0 Å². The quantitative estimate of drug-likeness (QED) is 0.872. The van der Waals surface area contributed by atoms with Crippen LogP contribution < -0.4 is 5.32 Å². The molecule has 0 saturated carbocycles. The predicted octanol–water partition coefficient (Wildman–Crippen LogP) is 1.93. The fourth-order valence-corrected chi connectivity index (χ4v) is 2.47. The number of hydrogen-bond donors (Lipinski definition) is 1. The van der Waals surface area contributed by atoms with Crippen molar-refractivity contribution in [1.82, 2.24) is 10.2 Å². The van der Waals surface area contributed by atoms with Gasteiger partial charge in [-0.1, -0.05) is 0 Å². The molecule has 0 bridgehead atoms. The molecule has 0 aliphatic rings. The van der Waals surface area contributed by atoms with E-state index in [1.165, 1.54) is 15.3 Å². The Morgan fingerprint density at radius 2 is 2.12 bits per heavy atom. The van der Waals surface area contributed by atoms with Gasteiger partial charge in [-0.25, -0.2) is 0 Å². The number of likely N-dealkylation sites (N-methyl/N-ethyl adjacent to an activating group) is 1. The van der Waals surface area contributed by atoms with Gasteiger partial charge in [0.15, 0.2) is 0 Å². The number of rotatable bonds is 4. The van der Waals surface area contributed by atoms with Crippen LogP contribution in [0.4, 0.5) is 0 Å². The van der Waals surface area contributed by atoms with Gasteiger partial charge in [0.25, 0.3) is 0 Å². The second kappa shape index (κ2) is 5.46. The minimum atomic E-state index is -0.127. The zero-order chi connectivity index (χ0) is 12.3. The molecule has 1 atom stereocenters. The van der Waals surface area contributed by atoms with Crippen LogP contribution in [0.15, 0.2) is 6.07 Å². The molecule has 1 unspecified atom stereocenters. The van der Waals surface area contributed by atoms with Crippen molar-refractivity contribution in [1.29, 1.82) is 0 Å². The van der Waals surface area contributed by atoms with E-state index in [1.807, 2.05) is 6.92 Å². The molecular weight excluding hydrogens is 220 g/mol. The molecule has 1 aromatic rings. The van der Waals surface area contributed by atoms with Crippen LogP contribution >= 0.6 is 11.3 Å². The van der Waals surface area contributed by atoms with Crippen LogP contribution in [0, 0.1) is 13.8 Å². The highest BCUT2D eigenvalue weighted by Crippen LogP contribution is 2.20. The zero-order valence-corrected chi connectivity index (χ0v) is 11.4. The first-order valence-corrected chi connectivity index (χ1v) is 6.24. The summed E-state index contributed by atoms with van der Waals surface area (Å²) in [6, 6.07) is 2.05. The normalized spacial score (nSPS) is 12.6. The Balaban J connectivity index is 2.48. The minimum Gasteiger partial charge on any atom is -0.347 e. The number of carbonyl (C=O) groups is 1. The van der Waals surface area contributed by atoms with Gasteiger partial charge in [-0.2, -0.15) is 0 Å². The first-order valence-electron chi connectivity index (χ1n) is 5.42. The van der Waals surface area contributed by atoms with E-state index in [0.717, 1.165) is 6.54 Å². The van der Waals surface area contributed by atoms with Crippen molar-refractivity contribution in [2.45, 2.75) is 33.4 Å². The van der Waals surface area contributed by atoms with Crippen LogP contribution in [-0.4, -0.2) is 30.9 Å². The molecule has 0 aliphatic carbocycles. The highest BCUT2D eigenvalue weighted by molar-refractivity contribution is 7.12. The lowest BCUT2D eigenvalue weighted by molar-refractivity contribution is -0.130. The summed E-state index contributed by atoms with van der Waals surface area (Å²) in [6.07, 6.45) is 0. The number of amides is 1. The van der Waals surface area contributed by atoms with Crippen molar-refractivity contribution in [3.63, 3.8) is 0 Å². The summed E-state index contributed by atoms with van der Waals surface area (Å²) in [4.78, 5) is 15.9. The molecule has 90 valence electrons. The third-order valence-corrected chi connectivity index (χ3v) is 3.76. The summed E-state index contributed by atoms with van der Waals surface area (Å²) >= 11 is 1.79. The lowest BCUT2D eigenvalue weighted by Crippen LogP contribution is -2.40. The zero-order valence-electron chi connectivity index (χ0n) is 10.6. The number of nitrogens with one attached hydrogen (secondary N) is 1. The Kier molecular flexibility index (Phi) is 4.50. The Labute approximate surface area is 101 Å². The van der Waals surface area contributed by atoms with Gasteiger partial charge in [0.2, 0.25) is 5.91 Å². The third kappa shape index (κ3) is 3.32. The molecule has 16 heavy (non-hydrogen) atoms. The number of nitrogens with zero attached hydrogens (tertiary/aromatic N) is 1. The SMILES string of the molecule is Cc1cc(CNC(C)C(=O)N(C)C)sc1C. The highest BCUT2D eigenvalue weighted by Gasteiger charge is 2.14. The Morgan fingerprint density at radius 1 is 1.50 bits per heavy atom. The standard InChI is InChI=1S/C12H20N2OS/c1-8-6-11(16-10(8)3)7-13-9(2)12(15)14(4)5/h6,9,13H,7H2,1-5H3. The van der Waals surface area contributed by atoms with E-state index < -0.39 is 0 Å². The van der Waals surface area contributed by atoms with Crippen LogP contribution in [0.2, 0.25) is 0 Å². The van der Waals surface area contributed by atoms with Crippen LogP contribution in [0.3, 0.4) is 0 Å². The molecule has 0 aliphatic heterocycles. The van der Waals surface area contributed by atoms with Crippen molar-refractivity contribution in [2.75, 3.05) is 14.1 Å². The summed E-state index contributed by atoms with van der Waals surface area (Å²) in [5.74, 6) is 0.116. The summed E-state index contributed by atoms with van der Waals surface area (Å²) in [6.45, 7) is 6.90. The molecule has 0 aromatic carbocycles. The van der Waals surface area contributed by atoms with E-state index in [2.05, 4.69) is 25.2 Å². The fraction of sp³-hybridized carbons (Fsp3) is 0.583. The summed E-state index contributed by atoms with van der Waals surface area (Å²) in [5.41, 5.74) is 1.33. The topological polar surface area (TPSA) is 32.3 Å². The maximum atomic E-state index is 11.6. The average Bonchev–Trinajstić information content (AvgIpc) is 2.53. The van der Waals surface area contributed by atoms with Crippen LogP contribution in [0.1, 0.15) is 22.2 Å². The summed E-state index contributed by atoms with van der Waals surface area (Å²) < 4.78 is 0. The second-order valence-electron chi connectivity index (χ2n) is 4.29. The lowest BCUT2D eigenvalue weighted by Gasteiger charge is -2.17. The average molecular weight is 240 g/mol. The molecule has 0 spiro atoms. The maximum Gasteiger partial charge on any atom is 0.238 e. The predicted molar refractivity (Wildman–Crippen MR) is 68.8 cm³/mol. The van der Waals surface area contributed by atoms with E-state index in [-0.39, 0.29) is 11.9 Å². The van der Waals surface area contributed by atoms with Gasteiger partial charge < -0.3 is 10.2 Å². The molecule has 1 amide bonds. The molecule has 1 rings (SSSR count). The third-order valence-electron chi connectivity index (χ3n) is 2.61. The Hall–Kier alpha value is -0.870. The first-order chi connectivity index (χ1) is 7.41. The van der Waals surface area contributed by atoms with Gasteiger partial charge in [-0.05, 0) is 32.4 Å². The molecule has 4 heteroatoms. The molecule has 0 radical (unpaired) electrons. The number of thiophene rings is 1. The summed E-state index contributed by atoms with van der Waals surface area (Å²) in [5, 5.41) is 3.24. The largest absolute Gasteiger partial charge is 0.347 e. The Bertz CT molecular complexity index is 352. The summed E-state index contributed by atoms with van der Waals surface area (Å²) in [7, 11) is 3.56. The monoisotopic (exact) mass is 240 g/mol. The van der Waals surface area contributed by atoms with Crippen molar-refractivity contribution in [2.24, 2.45) is 0 Å².